The van der Waals surface area contributed by atoms with E-state index < -0.39 is 23.4 Å². The summed E-state index contributed by atoms with van der Waals surface area (Å²) in [5.41, 5.74) is 1.31. The lowest BCUT2D eigenvalue weighted by Crippen LogP contribution is -2.41. The van der Waals surface area contributed by atoms with Crippen molar-refractivity contribution in [2.75, 3.05) is 47.4 Å². The fourth-order valence-corrected chi connectivity index (χ4v) is 4.88. The quantitative estimate of drug-likeness (QED) is 0.509. The van der Waals surface area contributed by atoms with E-state index in [1.165, 1.54) is 29.3 Å². The Kier molecular flexibility index (Phi) is 6.48. The van der Waals surface area contributed by atoms with E-state index in [4.69, 9.17) is 11.6 Å². The van der Waals surface area contributed by atoms with Crippen molar-refractivity contribution in [2.45, 2.75) is 13.3 Å². The summed E-state index contributed by atoms with van der Waals surface area (Å²) < 4.78 is 31.5. The van der Waals surface area contributed by atoms with Crippen LogP contribution in [-0.2, 0) is 0 Å². The fourth-order valence-electron chi connectivity index (χ4n) is 4.73. The number of carbonyl (C=O) groups excluding carboxylic acids is 1. The molecule has 184 valence electrons. The zero-order chi connectivity index (χ0) is 25.4. The molecule has 0 unspecified atom stereocenters. The molecule has 7 nitrogen and oxygen atoms in total. The molecule has 2 aliphatic heterocycles. The number of benzene rings is 2. The monoisotopic (exact) mass is 508 g/mol. The van der Waals surface area contributed by atoms with E-state index in [-0.39, 0.29) is 17.8 Å². The third-order valence-electron chi connectivity index (χ3n) is 6.42. The minimum Gasteiger partial charge on any atom is -0.370 e. The molecule has 1 saturated heterocycles. The van der Waals surface area contributed by atoms with E-state index >= 15 is 8.78 Å². The maximum absolute atomic E-state index is 15.8. The van der Waals surface area contributed by atoms with E-state index in [1.807, 2.05) is 11.0 Å². The van der Waals surface area contributed by atoms with Crippen LogP contribution in [0.15, 0.2) is 42.6 Å². The van der Waals surface area contributed by atoms with Gasteiger partial charge in [0.15, 0.2) is 11.6 Å². The van der Waals surface area contributed by atoms with Gasteiger partial charge >= 0.3 is 6.03 Å². The molecule has 2 aliphatic rings. The summed E-state index contributed by atoms with van der Waals surface area (Å²) in [5, 5.41) is 13.1. The van der Waals surface area contributed by atoms with Crippen molar-refractivity contribution < 1.29 is 13.6 Å². The Hall–Kier alpha value is -3.74. The van der Waals surface area contributed by atoms with Crippen molar-refractivity contribution in [3.8, 4) is 17.2 Å². The van der Waals surface area contributed by atoms with Crippen molar-refractivity contribution in [1.82, 2.24) is 10.3 Å². The van der Waals surface area contributed by atoms with Gasteiger partial charge in [-0.3, -0.25) is 9.80 Å². The molecule has 2 amide bonds. The topological polar surface area (TPSA) is 75.5 Å². The number of anilines is 4. The Balaban J connectivity index is 1.72. The zero-order valence-corrected chi connectivity index (χ0v) is 20.3. The van der Waals surface area contributed by atoms with E-state index in [2.05, 4.69) is 10.3 Å². The Morgan fingerprint density at radius 1 is 1.11 bits per heavy atom. The summed E-state index contributed by atoms with van der Waals surface area (Å²) in [4.78, 5) is 22.5. The predicted octanol–water partition coefficient (Wildman–Crippen LogP) is 5.45. The van der Waals surface area contributed by atoms with Crippen molar-refractivity contribution in [2.24, 2.45) is 0 Å². The summed E-state index contributed by atoms with van der Waals surface area (Å²) >= 11 is 6.23. The Morgan fingerprint density at radius 3 is 2.61 bits per heavy atom. The van der Waals surface area contributed by atoms with Gasteiger partial charge in [0.1, 0.15) is 11.5 Å². The van der Waals surface area contributed by atoms with Gasteiger partial charge in [-0.25, -0.2) is 18.6 Å². The number of urea groups is 1. The molecule has 10 heteroatoms. The third kappa shape index (κ3) is 4.12. The van der Waals surface area contributed by atoms with Gasteiger partial charge in [0, 0.05) is 49.2 Å². The number of halogens is 3. The molecule has 36 heavy (non-hydrogen) atoms. The van der Waals surface area contributed by atoms with E-state index in [0.29, 0.717) is 47.3 Å². The lowest BCUT2D eigenvalue weighted by Gasteiger charge is -2.29. The van der Waals surface area contributed by atoms with Crippen LogP contribution in [-0.4, -0.2) is 43.7 Å². The second-order valence-electron chi connectivity index (χ2n) is 8.58. The lowest BCUT2D eigenvalue weighted by atomic mass is 10.0. The van der Waals surface area contributed by atoms with Crippen LogP contribution in [0.2, 0.25) is 5.02 Å². The van der Waals surface area contributed by atoms with Crippen LogP contribution < -0.4 is 20.0 Å². The molecular weight excluding hydrogens is 486 g/mol. The summed E-state index contributed by atoms with van der Waals surface area (Å²) in [6.45, 7) is 4.76. The molecule has 3 aromatic rings. The highest BCUT2D eigenvalue weighted by Crippen LogP contribution is 2.46. The fraction of sp³-hybridized carbons (Fsp3) is 0.269. The average molecular weight is 509 g/mol. The first kappa shape index (κ1) is 24.0. The third-order valence-corrected chi connectivity index (χ3v) is 6.62. The summed E-state index contributed by atoms with van der Waals surface area (Å²) in [6.07, 6.45) is 2.26. The highest BCUT2D eigenvalue weighted by molar-refractivity contribution is 6.31. The number of nitrogens with zero attached hydrogens (tertiary/aromatic N) is 5. The number of carbonyl (C=O) groups is 1. The number of aromatic nitrogens is 1. The molecule has 0 aliphatic carbocycles. The van der Waals surface area contributed by atoms with Crippen LogP contribution in [0.3, 0.4) is 0 Å². The standard InChI is InChI=1S/C26H23ClF2N6O/c1-2-34-25-20(11-17(27)15-32-25)19-5-4-16(14-30)10-23(19)35(26(34)36)24-21(28)12-18(13-22(24)29)33-8-3-6-31-7-9-33/h4-5,10-13,15,31H,2-3,6-9H2,1H3. The van der Waals surface area contributed by atoms with Gasteiger partial charge in [-0.05, 0) is 50.2 Å². The molecule has 1 fully saturated rings. The molecule has 0 radical (unpaired) electrons. The van der Waals surface area contributed by atoms with Crippen LogP contribution >= 0.6 is 11.6 Å². The maximum Gasteiger partial charge on any atom is 0.334 e. The van der Waals surface area contributed by atoms with Gasteiger partial charge in [-0.2, -0.15) is 5.26 Å². The normalized spacial score (nSPS) is 15.6. The van der Waals surface area contributed by atoms with Crippen LogP contribution in [0.4, 0.5) is 36.5 Å². The molecule has 5 rings (SSSR count). The van der Waals surface area contributed by atoms with Crippen LogP contribution in [0.5, 0.6) is 0 Å². The van der Waals surface area contributed by atoms with Gasteiger partial charge in [0.05, 0.1) is 22.3 Å². The van der Waals surface area contributed by atoms with Crippen LogP contribution in [0.25, 0.3) is 11.1 Å². The molecule has 0 spiro atoms. The summed E-state index contributed by atoms with van der Waals surface area (Å²) in [6, 6.07) is 10.2. The second-order valence-corrected chi connectivity index (χ2v) is 9.02. The zero-order valence-electron chi connectivity index (χ0n) is 19.6. The first-order valence-corrected chi connectivity index (χ1v) is 12.1. The Labute approximate surface area is 212 Å². The molecule has 2 aromatic carbocycles. The second kappa shape index (κ2) is 9.72. The van der Waals surface area contributed by atoms with Gasteiger partial charge in [-0.1, -0.05) is 17.7 Å². The number of nitriles is 1. The van der Waals surface area contributed by atoms with Crippen LogP contribution in [0, 0.1) is 23.0 Å². The first-order valence-electron chi connectivity index (χ1n) is 11.7. The maximum atomic E-state index is 15.8. The van der Waals surface area contributed by atoms with Crippen LogP contribution in [0.1, 0.15) is 18.9 Å². The summed E-state index contributed by atoms with van der Waals surface area (Å²) in [7, 11) is 0. The van der Waals surface area contributed by atoms with Gasteiger partial charge in [-0.15, -0.1) is 0 Å². The summed E-state index contributed by atoms with van der Waals surface area (Å²) in [5.74, 6) is -1.44. The van der Waals surface area contributed by atoms with E-state index in [9.17, 15) is 10.1 Å². The number of pyridine rings is 1. The van der Waals surface area contributed by atoms with Crippen molar-refractivity contribution in [3.63, 3.8) is 0 Å². The molecular formula is C26H23ClF2N6O. The Bertz CT molecular complexity index is 1360. The Morgan fingerprint density at radius 2 is 1.89 bits per heavy atom. The minimum absolute atomic E-state index is 0.171. The van der Waals surface area contributed by atoms with E-state index in [0.717, 1.165) is 17.9 Å². The highest BCUT2D eigenvalue weighted by atomic mass is 35.5. The van der Waals surface area contributed by atoms with Crippen molar-refractivity contribution in [3.05, 3.63) is 64.8 Å². The molecule has 0 bridgehead atoms. The minimum atomic E-state index is -0.878. The number of hydrogen-bond acceptors (Lipinski definition) is 5. The van der Waals surface area contributed by atoms with Gasteiger partial charge in [0.2, 0.25) is 0 Å². The van der Waals surface area contributed by atoms with Gasteiger partial charge in [0.25, 0.3) is 0 Å². The molecule has 0 saturated carbocycles. The van der Waals surface area contributed by atoms with E-state index in [1.54, 1.807) is 25.1 Å². The first-order chi connectivity index (χ1) is 17.4. The lowest BCUT2D eigenvalue weighted by molar-refractivity contribution is 0.253. The number of nitrogens with one attached hydrogen (secondary N) is 1. The number of rotatable bonds is 3. The highest BCUT2D eigenvalue weighted by Gasteiger charge is 2.36. The molecule has 3 heterocycles. The molecule has 1 aromatic heterocycles. The van der Waals surface area contributed by atoms with Crippen molar-refractivity contribution >= 4 is 40.5 Å². The average Bonchev–Trinajstić information content (AvgIpc) is 3.20. The van der Waals surface area contributed by atoms with Gasteiger partial charge < -0.3 is 10.2 Å². The molecule has 1 N–H and O–H groups in total. The number of hydrogen-bond donors (Lipinski definition) is 1. The molecule has 0 atom stereocenters. The van der Waals surface area contributed by atoms with Crippen molar-refractivity contribution in [1.29, 1.82) is 5.26 Å². The predicted molar refractivity (Wildman–Crippen MR) is 136 cm³/mol. The number of fused-ring (bicyclic) bond motifs is 3. The largest absolute Gasteiger partial charge is 0.370 e. The number of amides is 2. The smallest absolute Gasteiger partial charge is 0.334 e. The SMILES string of the molecule is CCN1C(=O)N(c2c(F)cc(N3CCCNCC3)cc2F)c2cc(C#N)ccc2-c2cc(Cl)cnc21.